The molecule has 0 saturated heterocycles. The highest BCUT2D eigenvalue weighted by Gasteiger charge is 2.20. The van der Waals surface area contributed by atoms with Crippen LogP contribution in [-0.4, -0.2) is 14.1 Å². The number of aromatic nitrogens is 3. The van der Waals surface area contributed by atoms with E-state index in [1.165, 1.54) is 95.1 Å². The highest BCUT2D eigenvalue weighted by atomic mass is 32.1. The van der Waals surface area contributed by atoms with Gasteiger partial charge in [0.2, 0.25) is 0 Å². The average Bonchev–Trinajstić information content (AvgIpc) is 4.19. The van der Waals surface area contributed by atoms with Crippen LogP contribution < -0.4 is 0 Å². The number of nitrogens with zero attached hydrogens (tertiary/aromatic N) is 3. The van der Waals surface area contributed by atoms with Crippen molar-refractivity contribution in [2.24, 2.45) is 0 Å². The molecule has 0 spiro atoms. The van der Waals surface area contributed by atoms with E-state index >= 15 is 0 Å². The van der Waals surface area contributed by atoms with Crippen LogP contribution >= 0.6 is 22.7 Å². The van der Waals surface area contributed by atoms with Crippen molar-refractivity contribution in [3.8, 4) is 56.0 Å². The van der Waals surface area contributed by atoms with Gasteiger partial charge in [-0.15, -0.1) is 22.7 Å². The minimum Gasteiger partial charge on any atom is -0.309 e. The zero-order valence-electron chi connectivity index (χ0n) is 37.7. The maximum atomic E-state index is 4.93. The molecule has 5 heteroatoms. The van der Waals surface area contributed by atoms with Crippen molar-refractivity contribution >= 4 is 107 Å². The second-order valence-electron chi connectivity index (χ2n) is 18.3. The van der Waals surface area contributed by atoms with E-state index in [0.29, 0.717) is 0 Å². The summed E-state index contributed by atoms with van der Waals surface area (Å²) in [6.45, 7) is 0. The molecule has 70 heavy (non-hydrogen) atoms. The van der Waals surface area contributed by atoms with Gasteiger partial charge < -0.3 is 9.13 Å². The first-order valence-electron chi connectivity index (χ1n) is 23.8. The van der Waals surface area contributed by atoms with E-state index in [-0.39, 0.29) is 0 Å². The molecule has 0 unspecified atom stereocenters. The van der Waals surface area contributed by atoms with Crippen LogP contribution in [0.1, 0.15) is 0 Å². The van der Waals surface area contributed by atoms with Gasteiger partial charge in [0.05, 0.1) is 27.8 Å². The Hall–Kier alpha value is -8.61. The number of para-hydroxylation sites is 2. The number of pyridine rings is 1. The Morgan fingerprint density at radius 1 is 0.286 bits per heavy atom. The van der Waals surface area contributed by atoms with Crippen molar-refractivity contribution in [1.29, 1.82) is 0 Å². The fraction of sp³-hybridized carbons (Fsp3) is 0. The summed E-state index contributed by atoms with van der Waals surface area (Å²) in [7, 11) is 0. The molecule has 3 nitrogen and oxygen atoms in total. The van der Waals surface area contributed by atoms with Gasteiger partial charge in [-0.3, -0.25) is 4.98 Å². The number of rotatable bonds is 6. The maximum Gasteiger partial charge on any atom is 0.0708 e. The third kappa shape index (κ3) is 6.02. The molecule has 15 rings (SSSR count). The molecular formula is C65H39N3S2. The first-order chi connectivity index (χ1) is 34.7. The highest BCUT2D eigenvalue weighted by molar-refractivity contribution is 7.27. The van der Waals surface area contributed by atoms with Gasteiger partial charge in [-0.2, -0.15) is 0 Å². The Kier molecular flexibility index (Phi) is 8.70. The molecule has 0 aliphatic carbocycles. The lowest BCUT2D eigenvalue weighted by Crippen LogP contribution is -1.94. The third-order valence-corrected chi connectivity index (χ3v) is 16.8. The molecule has 0 aliphatic rings. The molecule has 0 bridgehead atoms. The predicted molar refractivity (Wildman–Crippen MR) is 300 cm³/mol. The van der Waals surface area contributed by atoms with Gasteiger partial charge in [-0.05, 0) is 118 Å². The lowest BCUT2D eigenvalue weighted by atomic mass is 9.97. The molecule has 0 N–H and O–H groups in total. The SMILES string of the molecule is c1cc(-c2cccc(-n3c4ccccc4c4c5sc6ccccc6c5ccc43)c2)cc(-c2ccnc(-c3cccc(-c4cccc(-n5c6ccccc6c6c7sc8ccccc8c7ccc65)c4)c3)c2)c1. The van der Waals surface area contributed by atoms with Gasteiger partial charge in [0.25, 0.3) is 0 Å². The van der Waals surface area contributed by atoms with E-state index in [4.69, 9.17) is 4.98 Å². The molecular weight excluding hydrogens is 887 g/mol. The largest absolute Gasteiger partial charge is 0.309 e. The summed E-state index contributed by atoms with van der Waals surface area (Å²) < 4.78 is 10.2. The van der Waals surface area contributed by atoms with Crippen LogP contribution in [0.2, 0.25) is 0 Å². The zero-order chi connectivity index (χ0) is 45.9. The Labute approximate surface area is 411 Å². The predicted octanol–water partition coefficient (Wildman–Crippen LogP) is 18.7. The summed E-state index contributed by atoms with van der Waals surface area (Å²) in [5.41, 5.74) is 16.1. The fourth-order valence-corrected chi connectivity index (χ4v) is 13.7. The van der Waals surface area contributed by atoms with Crippen molar-refractivity contribution in [1.82, 2.24) is 14.1 Å². The molecule has 0 amide bonds. The second kappa shape index (κ2) is 15.5. The van der Waals surface area contributed by atoms with Crippen molar-refractivity contribution in [3.05, 3.63) is 237 Å². The quantitative estimate of drug-likeness (QED) is 0.163. The fourth-order valence-electron chi connectivity index (χ4n) is 11.2. The minimum atomic E-state index is 0.941. The summed E-state index contributed by atoms with van der Waals surface area (Å²) in [4.78, 5) is 4.93. The molecule has 0 radical (unpaired) electrons. The Morgan fingerprint density at radius 2 is 0.700 bits per heavy atom. The lowest BCUT2D eigenvalue weighted by molar-refractivity contribution is 1.18. The van der Waals surface area contributed by atoms with E-state index in [0.717, 1.165) is 44.9 Å². The molecule has 326 valence electrons. The molecule has 10 aromatic carbocycles. The van der Waals surface area contributed by atoms with Crippen molar-refractivity contribution < 1.29 is 0 Å². The molecule has 0 aliphatic heterocycles. The molecule has 0 atom stereocenters. The number of fused-ring (bicyclic) bond motifs is 14. The molecule has 0 saturated carbocycles. The van der Waals surface area contributed by atoms with Gasteiger partial charge in [-0.25, -0.2) is 0 Å². The van der Waals surface area contributed by atoms with E-state index in [1.54, 1.807) is 0 Å². The van der Waals surface area contributed by atoms with Crippen molar-refractivity contribution in [2.75, 3.05) is 0 Å². The first-order valence-corrected chi connectivity index (χ1v) is 25.4. The normalized spacial score (nSPS) is 12.0. The Balaban J connectivity index is 0.771. The van der Waals surface area contributed by atoms with Gasteiger partial charge in [0.15, 0.2) is 0 Å². The van der Waals surface area contributed by atoms with Gasteiger partial charge in [0.1, 0.15) is 0 Å². The summed E-state index contributed by atoms with van der Waals surface area (Å²) in [6.07, 6.45) is 1.94. The van der Waals surface area contributed by atoms with Crippen molar-refractivity contribution in [3.63, 3.8) is 0 Å². The van der Waals surface area contributed by atoms with E-state index in [1.807, 2.05) is 28.9 Å². The van der Waals surface area contributed by atoms with Crippen LogP contribution in [0.25, 0.3) is 140 Å². The lowest BCUT2D eigenvalue weighted by Gasteiger charge is -2.12. The van der Waals surface area contributed by atoms with Gasteiger partial charge >= 0.3 is 0 Å². The van der Waals surface area contributed by atoms with Gasteiger partial charge in [0, 0.05) is 85.0 Å². The van der Waals surface area contributed by atoms with Crippen LogP contribution in [0, 0.1) is 0 Å². The summed E-state index contributed by atoms with van der Waals surface area (Å²) in [5, 5.41) is 10.5. The smallest absolute Gasteiger partial charge is 0.0708 e. The zero-order valence-corrected chi connectivity index (χ0v) is 39.3. The summed E-state index contributed by atoms with van der Waals surface area (Å²) >= 11 is 3.79. The standard InChI is InChI=1S/C65H39N3S2/c1-5-25-56-53(23-1)62-58(31-29-51-49-21-3-7-27-60(49)69-64(51)62)67(56)47-19-11-16-43(37-47)40-13-9-14-41(35-40)45-33-34-66-55(39-45)46-18-10-15-42(36-46)44-17-12-20-48(38-44)68-57-26-6-2-24-54(57)63-59(68)32-30-52-50-22-4-8-28-61(50)70-65(52)63/h1-39H. The van der Waals surface area contributed by atoms with Crippen LogP contribution in [0.15, 0.2) is 237 Å². The topological polar surface area (TPSA) is 22.8 Å². The van der Waals surface area contributed by atoms with E-state index in [9.17, 15) is 0 Å². The third-order valence-electron chi connectivity index (χ3n) is 14.3. The summed E-state index contributed by atoms with van der Waals surface area (Å²) in [6, 6.07) is 84.5. The number of thiophene rings is 2. The number of benzene rings is 10. The highest BCUT2D eigenvalue weighted by Crippen LogP contribution is 2.45. The minimum absolute atomic E-state index is 0.941. The molecule has 5 aromatic heterocycles. The van der Waals surface area contributed by atoms with Crippen LogP contribution in [0.4, 0.5) is 0 Å². The van der Waals surface area contributed by atoms with E-state index < -0.39 is 0 Å². The molecule has 0 fully saturated rings. The molecule has 5 heterocycles. The molecule has 15 aromatic rings. The van der Waals surface area contributed by atoms with Crippen LogP contribution in [0.5, 0.6) is 0 Å². The van der Waals surface area contributed by atoms with Crippen LogP contribution in [0.3, 0.4) is 0 Å². The maximum absolute atomic E-state index is 4.93. The number of hydrogen-bond acceptors (Lipinski definition) is 3. The van der Waals surface area contributed by atoms with Gasteiger partial charge in [-0.1, -0.05) is 146 Å². The second-order valence-corrected chi connectivity index (χ2v) is 20.4. The first kappa shape index (κ1) is 39.4. The Morgan fingerprint density at radius 3 is 1.23 bits per heavy atom. The van der Waals surface area contributed by atoms with Crippen LogP contribution in [-0.2, 0) is 0 Å². The Bertz CT molecular complexity index is 4330. The van der Waals surface area contributed by atoms with Crippen molar-refractivity contribution in [2.45, 2.75) is 0 Å². The summed E-state index contributed by atoms with van der Waals surface area (Å²) in [5.74, 6) is 0. The van der Waals surface area contributed by atoms with E-state index in [2.05, 4.69) is 240 Å². The monoisotopic (exact) mass is 925 g/mol. The average molecular weight is 926 g/mol. The number of hydrogen-bond donors (Lipinski definition) is 0.